The lowest BCUT2D eigenvalue weighted by Gasteiger charge is -2.32. The van der Waals surface area contributed by atoms with Crippen LogP contribution in [-0.4, -0.2) is 70.4 Å². The summed E-state index contributed by atoms with van der Waals surface area (Å²) in [5, 5.41) is 11.8. The molecule has 0 aliphatic carbocycles. The number of aromatic nitrogens is 1. The predicted octanol–water partition coefficient (Wildman–Crippen LogP) is 8.43. The van der Waals surface area contributed by atoms with Gasteiger partial charge in [-0.05, 0) is 75.9 Å². The second-order valence-corrected chi connectivity index (χ2v) is 16.7. The fourth-order valence-electron chi connectivity index (χ4n) is 5.69. The average molecular weight is 799 g/mol. The molecule has 3 amide bonds. The smallest absolute Gasteiger partial charge is 0.408 e. The third kappa shape index (κ3) is 13.0. The molecule has 3 aromatic carbocycles. The molecule has 4 aromatic rings. The number of nitrogens with zero attached hydrogens (tertiary/aromatic N) is 2. The van der Waals surface area contributed by atoms with Gasteiger partial charge in [0.2, 0.25) is 11.8 Å². The highest BCUT2D eigenvalue weighted by Crippen LogP contribution is 2.30. The Kier molecular flexibility index (Phi) is 14.6. The summed E-state index contributed by atoms with van der Waals surface area (Å²) in [4.78, 5) is 46.2. The van der Waals surface area contributed by atoms with Crippen LogP contribution in [0.2, 0.25) is 10.0 Å². The summed E-state index contributed by atoms with van der Waals surface area (Å²) in [6.45, 7) is 9.84. The Hall–Kier alpha value is -3.65. The topological polar surface area (TPSA) is 122 Å². The second kappa shape index (κ2) is 19.1. The molecule has 53 heavy (non-hydrogen) atoms. The van der Waals surface area contributed by atoms with Crippen LogP contribution in [-0.2, 0) is 32.2 Å². The van der Waals surface area contributed by atoms with Crippen LogP contribution in [0, 0.1) is 0 Å². The van der Waals surface area contributed by atoms with Gasteiger partial charge >= 0.3 is 6.09 Å². The van der Waals surface area contributed by atoms with E-state index >= 15 is 0 Å². The van der Waals surface area contributed by atoms with E-state index in [0.717, 1.165) is 59.2 Å². The van der Waals surface area contributed by atoms with Crippen molar-refractivity contribution in [1.29, 1.82) is 0 Å². The van der Waals surface area contributed by atoms with Crippen molar-refractivity contribution in [2.75, 3.05) is 24.2 Å². The van der Waals surface area contributed by atoms with Crippen LogP contribution in [0.15, 0.2) is 82.5 Å². The molecular formula is C39H45Cl2N5O5S2. The van der Waals surface area contributed by atoms with Gasteiger partial charge in [-0.3, -0.25) is 14.5 Å². The Morgan fingerprint density at radius 1 is 0.981 bits per heavy atom. The zero-order valence-corrected chi connectivity index (χ0v) is 33.3. The lowest BCUT2D eigenvalue weighted by Crippen LogP contribution is -2.52. The molecule has 5 rings (SSSR count). The molecule has 10 nitrogen and oxygen atoms in total. The third-order valence-corrected chi connectivity index (χ3v) is 11.1. The second-order valence-electron chi connectivity index (χ2n) is 13.8. The number of piperidine rings is 1. The van der Waals surface area contributed by atoms with Crippen LogP contribution in [0.4, 0.5) is 10.5 Å². The van der Waals surface area contributed by atoms with Gasteiger partial charge in [-0.25, -0.2) is 9.78 Å². The molecule has 0 bridgehead atoms. The average Bonchev–Trinajstić information content (AvgIpc) is 3.60. The molecule has 1 saturated heterocycles. The molecule has 0 spiro atoms. The summed E-state index contributed by atoms with van der Waals surface area (Å²) < 4.78 is 12.2. The minimum absolute atomic E-state index is 0.0177. The first-order valence-electron chi connectivity index (χ1n) is 17.4. The summed E-state index contributed by atoms with van der Waals surface area (Å²) in [5.41, 5.74) is 3.38. The minimum atomic E-state index is -1.04. The quantitative estimate of drug-likeness (QED) is 0.109. The number of hydrogen-bond donors (Lipinski definition) is 3. The molecule has 0 unspecified atom stereocenters. The van der Waals surface area contributed by atoms with E-state index < -0.39 is 29.7 Å². The van der Waals surface area contributed by atoms with Gasteiger partial charge in [-0.2, -0.15) is 0 Å². The summed E-state index contributed by atoms with van der Waals surface area (Å²) in [6.07, 6.45) is 0.367. The number of alkyl carbamates (subject to hydrolysis) is 1. The Bertz CT molecular complexity index is 1850. The fourth-order valence-corrected chi connectivity index (χ4v) is 7.66. The molecule has 282 valence electrons. The van der Waals surface area contributed by atoms with Crippen LogP contribution in [0.25, 0.3) is 11.3 Å². The van der Waals surface area contributed by atoms with Crippen LogP contribution in [0.1, 0.15) is 51.7 Å². The molecular weight excluding hydrogens is 753 g/mol. The van der Waals surface area contributed by atoms with Gasteiger partial charge in [0, 0.05) is 42.3 Å². The molecule has 2 atom stereocenters. The summed E-state index contributed by atoms with van der Waals surface area (Å²) in [6, 6.07) is 21.7. The molecule has 1 aliphatic rings. The molecule has 1 aromatic heterocycles. The first-order chi connectivity index (χ1) is 25.3. The number of hydrogen-bond acceptors (Lipinski definition) is 9. The SMILES string of the molecule is C[C@H](OCc1ccccc1)[C@H](NC(=O)OC(C)(C)C)C(=O)Nc1cccc(-c2csc(SCC(=O)NC3CCN(Cc4ccc(Cl)c(Cl)c4)CC3)n2)c1. The number of thiazole rings is 1. The number of anilines is 1. The maximum absolute atomic E-state index is 13.6. The molecule has 1 aliphatic heterocycles. The van der Waals surface area contributed by atoms with E-state index in [1.807, 2.05) is 72.1 Å². The Balaban J connectivity index is 1.12. The van der Waals surface area contributed by atoms with Crippen LogP contribution in [0.5, 0.6) is 0 Å². The largest absolute Gasteiger partial charge is 0.444 e. The number of likely N-dealkylation sites (tertiary alicyclic amines) is 1. The summed E-state index contributed by atoms with van der Waals surface area (Å²) >= 11 is 15.1. The van der Waals surface area contributed by atoms with Gasteiger partial charge < -0.3 is 25.4 Å². The van der Waals surface area contributed by atoms with Crippen molar-refractivity contribution in [3.8, 4) is 11.3 Å². The number of halogens is 2. The van der Waals surface area contributed by atoms with Crippen molar-refractivity contribution < 1.29 is 23.9 Å². The zero-order chi connectivity index (χ0) is 38.0. The Morgan fingerprint density at radius 2 is 1.74 bits per heavy atom. The molecule has 3 N–H and O–H groups in total. The van der Waals surface area contributed by atoms with E-state index in [0.29, 0.717) is 15.7 Å². The number of ether oxygens (including phenoxy) is 2. The molecule has 0 saturated carbocycles. The van der Waals surface area contributed by atoms with E-state index in [2.05, 4.69) is 20.9 Å². The van der Waals surface area contributed by atoms with Crippen LogP contribution in [0.3, 0.4) is 0 Å². The monoisotopic (exact) mass is 797 g/mol. The molecule has 14 heteroatoms. The predicted molar refractivity (Wildman–Crippen MR) is 214 cm³/mol. The number of amides is 3. The van der Waals surface area contributed by atoms with Crippen molar-refractivity contribution >= 4 is 69.9 Å². The van der Waals surface area contributed by atoms with Gasteiger partial charge in [-0.15, -0.1) is 11.3 Å². The molecule has 0 radical (unpaired) electrons. The van der Waals surface area contributed by atoms with E-state index in [-0.39, 0.29) is 24.3 Å². The summed E-state index contributed by atoms with van der Waals surface area (Å²) in [5.74, 6) is -0.203. The number of benzene rings is 3. The lowest BCUT2D eigenvalue weighted by atomic mass is 10.0. The fraction of sp³-hybridized carbons (Fsp3) is 0.385. The van der Waals surface area contributed by atoms with Crippen molar-refractivity contribution in [2.24, 2.45) is 0 Å². The first-order valence-corrected chi connectivity index (χ1v) is 20.0. The Labute approximate surface area is 329 Å². The van der Waals surface area contributed by atoms with Gasteiger partial charge in [0.25, 0.3) is 0 Å². The third-order valence-electron chi connectivity index (χ3n) is 8.36. The van der Waals surface area contributed by atoms with Crippen molar-refractivity contribution in [1.82, 2.24) is 20.5 Å². The number of rotatable bonds is 14. The normalized spacial score (nSPS) is 15.0. The van der Waals surface area contributed by atoms with Crippen LogP contribution < -0.4 is 16.0 Å². The van der Waals surface area contributed by atoms with Gasteiger partial charge in [0.05, 0.1) is 34.2 Å². The lowest BCUT2D eigenvalue weighted by molar-refractivity contribution is -0.122. The highest BCUT2D eigenvalue weighted by molar-refractivity contribution is 8.01. The van der Waals surface area contributed by atoms with Crippen molar-refractivity contribution in [2.45, 2.75) is 81.8 Å². The maximum Gasteiger partial charge on any atom is 0.408 e. The first kappa shape index (κ1) is 40.5. The summed E-state index contributed by atoms with van der Waals surface area (Å²) in [7, 11) is 0. The number of carbonyl (C=O) groups excluding carboxylic acids is 3. The number of nitrogens with one attached hydrogen (secondary N) is 3. The number of thioether (sulfide) groups is 1. The highest BCUT2D eigenvalue weighted by Gasteiger charge is 2.30. The van der Waals surface area contributed by atoms with E-state index in [9.17, 15) is 14.4 Å². The Morgan fingerprint density at radius 3 is 2.45 bits per heavy atom. The van der Waals surface area contributed by atoms with E-state index in [1.54, 1.807) is 33.8 Å². The molecule has 1 fully saturated rings. The number of carbonyl (C=O) groups is 3. The van der Waals surface area contributed by atoms with E-state index in [4.69, 9.17) is 37.7 Å². The van der Waals surface area contributed by atoms with Crippen LogP contribution >= 0.6 is 46.3 Å². The molecule has 2 heterocycles. The van der Waals surface area contributed by atoms with E-state index in [1.165, 1.54) is 23.1 Å². The highest BCUT2D eigenvalue weighted by atomic mass is 35.5. The minimum Gasteiger partial charge on any atom is -0.444 e. The standard InChI is InChI=1S/C39H45Cl2N5O5S2/c1-25(50-22-26-9-6-5-7-10-26)35(45-37(49)51-39(2,3)4)36(48)43-30-12-8-11-28(20-30)33-23-52-38(44-33)53-24-34(47)42-29-15-17-46(18-16-29)21-27-13-14-31(40)32(41)19-27/h5-14,19-20,23,25,29,35H,15-18,21-22,24H2,1-4H3,(H,42,47)(H,43,48)(H,45,49)/t25-,35-/m0/s1. The van der Waals surface area contributed by atoms with Crippen molar-refractivity contribution in [3.05, 3.63) is 99.3 Å². The van der Waals surface area contributed by atoms with Gasteiger partial charge in [-0.1, -0.05) is 83.5 Å². The maximum atomic E-state index is 13.6. The van der Waals surface area contributed by atoms with Crippen molar-refractivity contribution in [3.63, 3.8) is 0 Å². The zero-order valence-electron chi connectivity index (χ0n) is 30.2. The van der Waals surface area contributed by atoms with Gasteiger partial charge in [0.15, 0.2) is 4.34 Å². The van der Waals surface area contributed by atoms with Gasteiger partial charge in [0.1, 0.15) is 11.6 Å².